The van der Waals surface area contributed by atoms with E-state index in [1.807, 2.05) is 0 Å². The second kappa shape index (κ2) is 9.44. The van der Waals surface area contributed by atoms with Crippen LogP contribution in [-0.2, 0) is 0 Å². The van der Waals surface area contributed by atoms with Crippen molar-refractivity contribution in [1.82, 2.24) is 0 Å². The predicted molar refractivity (Wildman–Crippen MR) is 183 cm³/mol. The third-order valence-electron chi connectivity index (χ3n) is 7.57. The molecule has 0 saturated heterocycles. The van der Waals surface area contributed by atoms with E-state index < -0.39 is 114 Å². The first kappa shape index (κ1) is 12.3. The third kappa shape index (κ3) is 3.65. The van der Waals surface area contributed by atoms with Gasteiger partial charge in [-0.1, -0.05) is 139 Å². The molecular formula is C42H26O. The van der Waals surface area contributed by atoms with Gasteiger partial charge in [0.2, 0.25) is 0 Å². The Morgan fingerprint density at radius 1 is 0.395 bits per heavy atom. The maximum atomic E-state index is 9.99. The quantitative estimate of drug-likeness (QED) is 0.195. The summed E-state index contributed by atoms with van der Waals surface area (Å²) in [5.41, 5.74) is -1.37. The summed E-state index contributed by atoms with van der Waals surface area (Å²) in [7, 11) is 0. The third-order valence-corrected chi connectivity index (χ3v) is 7.57. The van der Waals surface area contributed by atoms with Crippen LogP contribution in [0.1, 0.15) is 24.7 Å². The number of rotatable bonds is 3. The number of hydrogen-bond acceptors (Lipinski definition) is 1. The first-order chi connectivity index (χ1) is 28.8. The maximum absolute atomic E-state index is 9.99. The predicted octanol–water partition coefficient (Wildman–Crippen LogP) is 12.0. The van der Waals surface area contributed by atoms with E-state index in [1.165, 1.54) is 0 Å². The van der Waals surface area contributed by atoms with Crippen molar-refractivity contribution < 1.29 is 29.1 Å². The van der Waals surface area contributed by atoms with Gasteiger partial charge in [-0.3, -0.25) is 0 Å². The van der Waals surface area contributed by atoms with Crippen molar-refractivity contribution in [2.24, 2.45) is 0 Å². The average Bonchev–Trinajstić information content (AvgIpc) is 3.67. The molecule has 0 aliphatic carbocycles. The van der Waals surface area contributed by atoms with E-state index in [0.717, 1.165) is 0 Å². The number of para-hydroxylation sites is 1. The molecule has 9 rings (SSSR count). The van der Waals surface area contributed by atoms with Gasteiger partial charge in [-0.25, -0.2) is 0 Å². The fraction of sp³-hybridized carbons (Fsp3) is 0. The van der Waals surface area contributed by atoms with E-state index in [4.69, 9.17) is 25.0 Å². The lowest BCUT2D eigenvalue weighted by molar-refractivity contribution is 0.669. The summed E-state index contributed by atoms with van der Waals surface area (Å²) in [5.74, 6) is 0. The molecule has 8 aromatic carbocycles. The van der Waals surface area contributed by atoms with Gasteiger partial charge in [0.1, 0.15) is 11.2 Å². The van der Waals surface area contributed by atoms with Crippen LogP contribution in [0, 0.1) is 0 Å². The summed E-state index contributed by atoms with van der Waals surface area (Å²) in [6.45, 7) is 0. The molecule has 1 heteroatoms. The Hall–Kier alpha value is -5.66. The highest BCUT2D eigenvalue weighted by molar-refractivity contribution is 6.25. The lowest BCUT2D eigenvalue weighted by Gasteiger charge is -2.20. The largest absolute Gasteiger partial charge is 0.456 e. The molecule has 1 nitrogen and oxygen atoms in total. The Balaban J connectivity index is 1.59. The lowest BCUT2D eigenvalue weighted by atomic mass is 9.82. The van der Waals surface area contributed by atoms with Crippen LogP contribution >= 0.6 is 0 Å². The second-order valence-electron chi connectivity index (χ2n) is 9.85. The Kier molecular flexibility index (Phi) is 2.70. The minimum atomic E-state index is -0.731. The molecule has 0 fully saturated rings. The molecule has 0 radical (unpaired) electrons. The van der Waals surface area contributed by atoms with Crippen LogP contribution in [0.15, 0.2) is 162 Å². The van der Waals surface area contributed by atoms with E-state index in [-0.39, 0.29) is 60.5 Å². The van der Waals surface area contributed by atoms with Crippen LogP contribution in [0.2, 0.25) is 0 Å². The van der Waals surface area contributed by atoms with Gasteiger partial charge < -0.3 is 4.42 Å². The molecular weight excluding hydrogens is 520 g/mol. The highest BCUT2D eigenvalue weighted by Gasteiger charge is 2.21. The fourth-order valence-electron chi connectivity index (χ4n) is 5.81. The van der Waals surface area contributed by atoms with Crippen molar-refractivity contribution in [3.8, 4) is 33.4 Å². The normalized spacial score (nSPS) is 17.6. The number of benzene rings is 8. The Morgan fingerprint density at radius 3 is 1.70 bits per heavy atom. The van der Waals surface area contributed by atoms with E-state index >= 15 is 0 Å². The SMILES string of the molecule is [2H]c1c([2H])c([2H])c(-c2c(-c3c4ccccc4c(-c4c([2H])c([2H])c([2H])c5c([2H])c([2H])c([2H])c([2H])c45)c4ccccc34)c([2H])c3c(oc4c([2H])c([2H])c([2H])c([2H])c43)c2[2H])c([2H])c1[2H]. The van der Waals surface area contributed by atoms with E-state index in [2.05, 4.69) is 0 Å². The van der Waals surface area contributed by atoms with Crippen molar-refractivity contribution in [1.29, 1.82) is 0 Å². The summed E-state index contributed by atoms with van der Waals surface area (Å²) in [5, 5.41) is 0.363. The van der Waals surface area contributed by atoms with Crippen LogP contribution < -0.4 is 0 Å². The molecule has 0 bridgehead atoms. The van der Waals surface area contributed by atoms with Crippen molar-refractivity contribution in [2.45, 2.75) is 0 Å². The van der Waals surface area contributed by atoms with Crippen molar-refractivity contribution >= 4 is 54.3 Å². The highest BCUT2D eigenvalue weighted by atomic mass is 16.3. The molecule has 0 saturated carbocycles. The second-order valence-corrected chi connectivity index (χ2v) is 9.85. The van der Waals surface area contributed by atoms with Gasteiger partial charge in [-0.05, 0) is 83.8 Å². The molecule has 0 amide bonds. The van der Waals surface area contributed by atoms with E-state index in [1.54, 1.807) is 48.5 Å². The zero-order chi connectivity index (χ0) is 44.0. The van der Waals surface area contributed by atoms with E-state index in [9.17, 15) is 4.11 Å². The van der Waals surface area contributed by atoms with Crippen LogP contribution in [-0.4, -0.2) is 0 Å². The van der Waals surface area contributed by atoms with Crippen molar-refractivity contribution in [3.63, 3.8) is 0 Å². The summed E-state index contributed by atoms with van der Waals surface area (Å²) < 4.78 is 165. The van der Waals surface area contributed by atoms with Gasteiger partial charge in [0.25, 0.3) is 0 Å². The molecule has 0 N–H and O–H groups in total. The Morgan fingerprint density at radius 2 is 0.977 bits per heavy atom. The molecule has 0 aliphatic heterocycles. The maximum Gasteiger partial charge on any atom is 0.136 e. The molecule has 200 valence electrons. The van der Waals surface area contributed by atoms with Crippen molar-refractivity contribution in [2.75, 3.05) is 0 Å². The molecule has 0 unspecified atom stereocenters. The lowest BCUT2D eigenvalue weighted by Crippen LogP contribution is -1.93. The first-order valence-corrected chi connectivity index (χ1v) is 13.3. The molecule has 1 heterocycles. The minimum Gasteiger partial charge on any atom is -0.456 e. The van der Waals surface area contributed by atoms with Gasteiger partial charge in [-0.2, -0.15) is 0 Å². The van der Waals surface area contributed by atoms with Gasteiger partial charge in [0, 0.05) is 10.8 Å². The Labute approximate surface area is 274 Å². The van der Waals surface area contributed by atoms with Gasteiger partial charge in [-0.15, -0.1) is 0 Å². The molecule has 1 aromatic heterocycles. The van der Waals surface area contributed by atoms with Gasteiger partial charge in [0.15, 0.2) is 0 Å². The summed E-state index contributed by atoms with van der Waals surface area (Å²) in [4.78, 5) is 0. The summed E-state index contributed by atoms with van der Waals surface area (Å²) >= 11 is 0. The highest BCUT2D eigenvalue weighted by Crippen LogP contribution is 2.48. The molecule has 0 spiro atoms. The monoisotopic (exact) mass is 564 g/mol. The molecule has 0 aliphatic rings. The number of furan rings is 1. The standard InChI is InChI=1S/C42H26O/c1-2-13-28(14-3-1)36-26-40-37(30-18-10-11-24-39(30)43-40)25-38(36)42-34-21-8-6-19-32(34)41(33-20-7-9-22-35(33)42)31-23-12-16-27-15-4-5-17-29(27)31/h1-26H/i1D,2D,3D,4D,5D,10D,11D,12D,13D,14D,15D,16D,17D,18D,23D,24D,25D,26D. The molecule has 9 aromatic rings. The van der Waals surface area contributed by atoms with Crippen LogP contribution in [0.4, 0.5) is 0 Å². The zero-order valence-corrected chi connectivity index (χ0v) is 22.0. The van der Waals surface area contributed by atoms with Crippen LogP contribution in [0.25, 0.3) is 87.6 Å². The van der Waals surface area contributed by atoms with Crippen LogP contribution in [0.5, 0.6) is 0 Å². The van der Waals surface area contributed by atoms with Crippen LogP contribution in [0.3, 0.4) is 0 Å². The van der Waals surface area contributed by atoms with Gasteiger partial charge >= 0.3 is 0 Å². The smallest absolute Gasteiger partial charge is 0.136 e. The topological polar surface area (TPSA) is 13.1 Å². The Bertz CT molecular complexity index is 3420. The zero-order valence-electron chi connectivity index (χ0n) is 40.0. The average molecular weight is 565 g/mol. The molecule has 0 atom stereocenters. The fourth-order valence-corrected chi connectivity index (χ4v) is 5.81. The number of hydrogen-bond donors (Lipinski definition) is 0. The van der Waals surface area contributed by atoms with E-state index in [0.29, 0.717) is 21.5 Å². The summed E-state index contributed by atoms with van der Waals surface area (Å²) in [6.07, 6.45) is 0. The number of fused-ring (bicyclic) bond motifs is 6. The first-order valence-electron chi connectivity index (χ1n) is 22.3. The minimum absolute atomic E-state index is 0.0765. The molecule has 43 heavy (non-hydrogen) atoms. The van der Waals surface area contributed by atoms with Gasteiger partial charge in [0.05, 0.1) is 24.7 Å². The van der Waals surface area contributed by atoms with Crippen molar-refractivity contribution in [3.05, 3.63) is 157 Å². The summed E-state index contributed by atoms with van der Waals surface area (Å²) in [6, 6.07) is 2.14.